The van der Waals surface area contributed by atoms with Gasteiger partial charge in [0.2, 0.25) is 23.6 Å². The van der Waals surface area contributed by atoms with Gasteiger partial charge in [-0.1, -0.05) is 26.0 Å². The molecule has 1 rings (SSSR count). The SMILES string of the molecule is CC(C)C[C@H](NC(=O)[C@H](CCCN=C(N)N)NC(=O)[C@@H](N)Cc1ccc(O)cc1)C(=O)N[C@@H](CCCN=C(N)N)C(=O)NCC(=O)O. The lowest BCUT2D eigenvalue weighted by molar-refractivity contribution is -0.138. The third kappa shape index (κ3) is 17.2. The zero-order valence-corrected chi connectivity index (χ0v) is 26.8. The maximum Gasteiger partial charge on any atom is 0.322 e. The zero-order chi connectivity index (χ0) is 35.5. The van der Waals surface area contributed by atoms with E-state index in [1.165, 1.54) is 12.1 Å². The van der Waals surface area contributed by atoms with Crippen LogP contribution in [0.3, 0.4) is 0 Å². The van der Waals surface area contributed by atoms with Crippen LogP contribution in [-0.4, -0.2) is 95.5 Å². The van der Waals surface area contributed by atoms with Crippen molar-refractivity contribution in [1.82, 2.24) is 21.3 Å². The molecule has 4 atom stereocenters. The van der Waals surface area contributed by atoms with Crippen LogP contribution in [0.4, 0.5) is 0 Å². The highest BCUT2D eigenvalue weighted by Crippen LogP contribution is 2.12. The molecule has 0 aromatic heterocycles. The molecule has 0 aliphatic rings. The van der Waals surface area contributed by atoms with E-state index < -0.39 is 60.3 Å². The number of benzene rings is 1. The third-order valence-electron chi connectivity index (χ3n) is 6.64. The van der Waals surface area contributed by atoms with Gasteiger partial charge in [-0.3, -0.25) is 34.0 Å². The number of carbonyl (C=O) groups is 5. The predicted molar refractivity (Wildman–Crippen MR) is 176 cm³/mol. The minimum atomic E-state index is -1.27. The molecule has 262 valence electrons. The second kappa shape index (κ2) is 20.8. The van der Waals surface area contributed by atoms with E-state index >= 15 is 0 Å². The molecule has 0 heterocycles. The van der Waals surface area contributed by atoms with Gasteiger partial charge in [0.1, 0.15) is 30.4 Å². The second-order valence-corrected chi connectivity index (χ2v) is 11.3. The van der Waals surface area contributed by atoms with Crippen LogP contribution in [0.5, 0.6) is 5.75 Å². The Morgan fingerprint density at radius 3 is 1.70 bits per heavy atom. The van der Waals surface area contributed by atoms with Crippen LogP contribution in [0.1, 0.15) is 51.5 Å². The Balaban J connectivity index is 3.13. The number of nitrogens with two attached hydrogens (primary N) is 5. The van der Waals surface area contributed by atoms with Crippen LogP contribution in [0.25, 0.3) is 0 Å². The van der Waals surface area contributed by atoms with E-state index in [0.717, 1.165) is 0 Å². The molecule has 0 saturated carbocycles. The lowest BCUT2D eigenvalue weighted by atomic mass is 10.0. The van der Waals surface area contributed by atoms with Gasteiger partial charge in [0.05, 0.1) is 6.04 Å². The Morgan fingerprint density at radius 2 is 1.21 bits per heavy atom. The van der Waals surface area contributed by atoms with Gasteiger partial charge in [-0.05, 0) is 62.1 Å². The highest BCUT2D eigenvalue weighted by Gasteiger charge is 2.31. The fourth-order valence-electron chi connectivity index (χ4n) is 4.34. The van der Waals surface area contributed by atoms with Gasteiger partial charge in [-0.15, -0.1) is 0 Å². The fourth-order valence-corrected chi connectivity index (χ4v) is 4.34. The average molecular weight is 664 g/mol. The van der Waals surface area contributed by atoms with Crippen molar-refractivity contribution in [3.05, 3.63) is 29.8 Å². The molecule has 0 spiro atoms. The number of nitrogens with one attached hydrogen (secondary N) is 4. The first-order valence-electron chi connectivity index (χ1n) is 15.1. The number of rotatable bonds is 21. The molecule has 4 amide bonds. The van der Waals surface area contributed by atoms with Crippen molar-refractivity contribution in [3.63, 3.8) is 0 Å². The Labute approximate surface area is 273 Å². The number of carboxylic acids is 1. The number of carboxylic acid groups (broad SMARTS) is 1. The standard InChI is InChI=1S/C29H49N11O7/c1-16(2)13-22(27(47)39-20(5-3-11-35-28(31)32)25(45)37-15-23(42)43)40-26(46)21(6-4-12-36-29(33)34)38-24(44)19(30)14-17-7-9-18(41)10-8-17/h7-10,16,19-22,41H,3-6,11-15,30H2,1-2H3,(H,37,45)(H,38,44)(H,39,47)(H,40,46)(H,42,43)(H4,31,32,35)(H4,33,34,36)/t19-,20-,21-,22-/m0/s1. The summed E-state index contributed by atoms with van der Waals surface area (Å²) in [6, 6.07) is 1.72. The topological polar surface area (TPSA) is 329 Å². The average Bonchev–Trinajstić information content (AvgIpc) is 2.98. The van der Waals surface area contributed by atoms with Crippen LogP contribution in [0.15, 0.2) is 34.3 Å². The summed E-state index contributed by atoms with van der Waals surface area (Å²) < 4.78 is 0. The summed E-state index contributed by atoms with van der Waals surface area (Å²) in [5.41, 5.74) is 28.3. The van der Waals surface area contributed by atoms with Crippen molar-refractivity contribution in [1.29, 1.82) is 0 Å². The van der Waals surface area contributed by atoms with Crippen LogP contribution in [-0.2, 0) is 30.4 Å². The lowest BCUT2D eigenvalue weighted by Gasteiger charge is -2.26. The second-order valence-electron chi connectivity index (χ2n) is 11.3. The first kappa shape index (κ1) is 39.9. The van der Waals surface area contributed by atoms with Crippen molar-refractivity contribution in [2.75, 3.05) is 19.6 Å². The molecule has 1 aromatic rings. The summed E-state index contributed by atoms with van der Waals surface area (Å²) >= 11 is 0. The summed E-state index contributed by atoms with van der Waals surface area (Å²) in [5, 5.41) is 28.6. The molecular weight excluding hydrogens is 614 g/mol. The Kier molecular flexibility index (Phi) is 17.7. The number of guanidine groups is 2. The van der Waals surface area contributed by atoms with E-state index in [2.05, 4.69) is 31.3 Å². The van der Waals surface area contributed by atoms with Gasteiger partial charge < -0.3 is 60.1 Å². The Morgan fingerprint density at radius 1 is 0.745 bits per heavy atom. The number of aromatic hydroxyl groups is 1. The molecule has 0 unspecified atom stereocenters. The van der Waals surface area contributed by atoms with Gasteiger partial charge in [-0.25, -0.2) is 0 Å². The van der Waals surface area contributed by atoms with Crippen molar-refractivity contribution >= 4 is 41.5 Å². The number of hydrogen-bond donors (Lipinski definition) is 11. The normalized spacial score (nSPS) is 13.3. The summed E-state index contributed by atoms with van der Waals surface area (Å²) in [6.45, 7) is 3.32. The molecule has 18 nitrogen and oxygen atoms in total. The number of carbonyl (C=O) groups excluding carboxylic acids is 4. The molecule has 0 saturated heterocycles. The van der Waals surface area contributed by atoms with Crippen molar-refractivity contribution < 1.29 is 34.2 Å². The molecular formula is C29H49N11O7. The van der Waals surface area contributed by atoms with E-state index in [1.54, 1.807) is 12.1 Å². The number of aliphatic carboxylic acids is 1. The minimum Gasteiger partial charge on any atom is -0.508 e. The number of aliphatic imine (C=N–C) groups is 2. The van der Waals surface area contributed by atoms with E-state index in [0.29, 0.717) is 12.0 Å². The Bertz CT molecular complexity index is 1250. The van der Waals surface area contributed by atoms with Crippen molar-refractivity contribution in [2.24, 2.45) is 44.6 Å². The van der Waals surface area contributed by atoms with Gasteiger partial charge in [-0.2, -0.15) is 0 Å². The predicted octanol–water partition coefficient (Wildman–Crippen LogP) is -2.93. The van der Waals surface area contributed by atoms with Gasteiger partial charge in [0, 0.05) is 13.1 Å². The van der Waals surface area contributed by atoms with Crippen LogP contribution >= 0.6 is 0 Å². The first-order chi connectivity index (χ1) is 22.1. The van der Waals surface area contributed by atoms with Crippen LogP contribution in [0, 0.1) is 5.92 Å². The summed E-state index contributed by atoms with van der Waals surface area (Å²) in [6.07, 6.45) is 1.04. The van der Waals surface area contributed by atoms with E-state index in [1.807, 2.05) is 13.8 Å². The molecule has 0 aliphatic carbocycles. The minimum absolute atomic E-state index is 0.0578. The monoisotopic (exact) mass is 663 g/mol. The zero-order valence-electron chi connectivity index (χ0n) is 26.8. The van der Waals surface area contributed by atoms with Crippen LogP contribution in [0.2, 0.25) is 0 Å². The van der Waals surface area contributed by atoms with Crippen molar-refractivity contribution in [3.8, 4) is 5.75 Å². The first-order valence-corrected chi connectivity index (χ1v) is 15.1. The largest absolute Gasteiger partial charge is 0.508 e. The van der Waals surface area contributed by atoms with Crippen LogP contribution < -0.4 is 49.9 Å². The van der Waals surface area contributed by atoms with Gasteiger partial charge >= 0.3 is 5.97 Å². The quantitative estimate of drug-likeness (QED) is 0.0358. The fraction of sp³-hybridized carbons (Fsp3) is 0.552. The van der Waals surface area contributed by atoms with E-state index in [-0.39, 0.29) is 68.8 Å². The van der Waals surface area contributed by atoms with E-state index in [9.17, 15) is 29.1 Å². The number of phenolic OH excluding ortho intramolecular Hbond substituents is 1. The summed E-state index contributed by atoms with van der Waals surface area (Å²) in [5.74, 6) is -4.33. The van der Waals surface area contributed by atoms with Crippen molar-refractivity contribution in [2.45, 2.75) is 76.5 Å². The molecule has 0 radical (unpaired) electrons. The van der Waals surface area contributed by atoms with Gasteiger partial charge in [0.15, 0.2) is 11.9 Å². The molecule has 0 fully saturated rings. The number of hydrogen-bond acceptors (Lipinski definition) is 9. The molecule has 0 aliphatic heterocycles. The van der Waals surface area contributed by atoms with E-state index in [4.69, 9.17) is 33.8 Å². The maximum absolute atomic E-state index is 13.6. The highest BCUT2D eigenvalue weighted by atomic mass is 16.4. The smallest absolute Gasteiger partial charge is 0.322 e. The lowest BCUT2D eigenvalue weighted by Crippen LogP contribution is -2.58. The molecule has 1 aromatic carbocycles. The maximum atomic E-state index is 13.6. The number of nitrogens with zero attached hydrogens (tertiary/aromatic N) is 2. The molecule has 18 heteroatoms. The number of phenols is 1. The summed E-state index contributed by atoms with van der Waals surface area (Å²) in [7, 11) is 0. The molecule has 16 N–H and O–H groups in total. The summed E-state index contributed by atoms with van der Waals surface area (Å²) in [4.78, 5) is 71.5. The molecule has 47 heavy (non-hydrogen) atoms. The third-order valence-corrected chi connectivity index (χ3v) is 6.64. The highest BCUT2D eigenvalue weighted by molar-refractivity contribution is 5.95. The molecule has 0 bridgehead atoms. The van der Waals surface area contributed by atoms with Gasteiger partial charge in [0.25, 0.3) is 0 Å². The Hall–Kier alpha value is -5.13. The number of amides is 4.